The molecule has 0 aliphatic rings. The van der Waals surface area contributed by atoms with Crippen LogP contribution in [0.15, 0.2) is 47.8 Å². The van der Waals surface area contributed by atoms with Crippen molar-refractivity contribution in [2.24, 2.45) is 0 Å². The highest BCUT2D eigenvalue weighted by Gasteiger charge is 2.11. The number of rotatable bonds is 3. The molecular formula is C20H15FN2S. The van der Waals surface area contributed by atoms with Crippen LogP contribution in [0, 0.1) is 31.0 Å². The fourth-order valence-electron chi connectivity index (χ4n) is 2.53. The molecule has 1 heterocycles. The highest BCUT2D eigenvalue weighted by molar-refractivity contribution is 7.11. The fourth-order valence-corrected chi connectivity index (χ4v) is 3.31. The molecule has 0 saturated heterocycles. The van der Waals surface area contributed by atoms with Crippen molar-refractivity contribution in [1.82, 2.24) is 4.98 Å². The molecule has 4 heteroatoms. The third-order valence-electron chi connectivity index (χ3n) is 3.67. The Hall–Kier alpha value is -2.77. The first-order valence-corrected chi connectivity index (χ1v) is 8.35. The summed E-state index contributed by atoms with van der Waals surface area (Å²) in [5.41, 5.74) is 5.35. The maximum atomic E-state index is 13.3. The Kier molecular flexibility index (Phi) is 4.54. The molecule has 0 radical (unpaired) electrons. The van der Waals surface area contributed by atoms with Crippen molar-refractivity contribution in [3.8, 4) is 17.3 Å². The average Bonchev–Trinajstić information content (AvgIpc) is 3.02. The molecule has 0 amide bonds. The summed E-state index contributed by atoms with van der Waals surface area (Å²) in [6.07, 6.45) is 1.66. The summed E-state index contributed by atoms with van der Waals surface area (Å²) in [6.45, 7) is 4.11. The van der Waals surface area contributed by atoms with Crippen LogP contribution < -0.4 is 0 Å². The molecule has 2 aromatic carbocycles. The van der Waals surface area contributed by atoms with Gasteiger partial charge in [0.2, 0.25) is 0 Å². The summed E-state index contributed by atoms with van der Waals surface area (Å²) in [5.74, 6) is -0.323. The number of benzene rings is 2. The van der Waals surface area contributed by atoms with Gasteiger partial charge in [-0.1, -0.05) is 35.9 Å². The topological polar surface area (TPSA) is 36.7 Å². The van der Waals surface area contributed by atoms with Gasteiger partial charge in [-0.3, -0.25) is 0 Å². The van der Waals surface area contributed by atoms with Crippen LogP contribution in [0.25, 0.3) is 22.9 Å². The van der Waals surface area contributed by atoms with Crippen LogP contribution >= 0.6 is 11.3 Å². The molecule has 3 aromatic rings. The number of nitriles is 1. The number of halogens is 1. The first kappa shape index (κ1) is 16.1. The maximum absolute atomic E-state index is 13.3. The molecule has 0 aliphatic heterocycles. The van der Waals surface area contributed by atoms with Gasteiger partial charge in [0.25, 0.3) is 0 Å². The van der Waals surface area contributed by atoms with Gasteiger partial charge in [-0.05, 0) is 43.2 Å². The van der Waals surface area contributed by atoms with Crippen molar-refractivity contribution in [3.63, 3.8) is 0 Å². The Morgan fingerprint density at radius 3 is 2.75 bits per heavy atom. The third-order valence-corrected chi connectivity index (χ3v) is 4.55. The second-order valence-corrected chi connectivity index (χ2v) is 6.44. The molecule has 2 nitrogen and oxygen atoms in total. The molecule has 0 spiro atoms. The number of nitrogens with zero attached hydrogens (tertiary/aromatic N) is 2. The van der Waals surface area contributed by atoms with Gasteiger partial charge in [0.1, 0.15) is 16.9 Å². The Labute approximate surface area is 144 Å². The molecule has 0 N–H and O–H groups in total. The summed E-state index contributed by atoms with van der Waals surface area (Å²) in [6, 6.07) is 14.5. The van der Waals surface area contributed by atoms with E-state index in [1.54, 1.807) is 18.2 Å². The fraction of sp³-hybridized carbons (Fsp3) is 0.100. The Balaban J connectivity index is 1.98. The first-order valence-electron chi connectivity index (χ1n) is 7.48. The van der Waals surface area contributed by atoms with Crippen LogP contribution in [0.3, 0.4) is 0 Å². The van der Waals surface area contributed by atoms with Gasteiger partial charge in [-0.15, -0.1) is 11.3 Å². The highest BCUT2D eigenvalue weighted by Crippen LogP contribution is 2.29. The molecule has 3 rings (SSSR count). The Morgan fingerprint density at radius 1 is 1.21 bits per heavy atom. The van der Waals surface area contributed by atoms with Crippen LogP contribution in [-0.4, -0.2) is 4.98 Å². The zero-order valence-electron chi connectivity index (χ0n) is 13.4. The van der Waals surface area contributed by atoms with Crippen LogP contribution in [-0.2, 0) is 0 Å². The van der Waals surface area contributed by atoms with E-state index in [0.29, 0.717) is 16.1 Å². The molecule has 0 saturated carbocycles. The van der Waals surface area contributed by atoms with Crippen molar-refractivity contribution >= 4 is 23.0 Å². The molecule has 24 heavy (non-hydrogen) atoms. The lowest BCUT2D eigenvalue weighted by Crippen LogP contribution is -1.86. The smallest absolute Gasteiger partial charge is 0.134 e. The molecule has 118 valence electrons. The molecular weight excluding hydrogens is 319 g/mol. The Bertz CT molecular complexity index is 964. The van der Waals surface area contributed by atoms with E-state index in [1.165, 1.54) is 29.0 Å². The third kappa shape index (κ3) is 3.42. The summed E-state index contributed by atoms with van der Waals surface area (Å²) in [7, 11) is 0. The molecule has 0 fully saturated rings. The van der Waals surface area contributed by atoms with E-state index in [0.717, 1.165) is 16.8 Å². The van der Waals surface area contributed by atoms with Crippen molar-refractivity contribution in [2.45, 2.75) is 13.8 Å². The van der Waals surface area contributed by atoms with E-state index in [9.17, 15) is 9.65 Å². The van der Waals surface area contributed by atoms with Crippen molar-refractivity contribution in [2.75, 3.05) is 0 Å². The van der Waals surface area contributed by atoms with Gasteiger partial charge in [0, 0.05) is 10.9 Å². The minimum atomic E-state index is -0.323. The molecule has 0 unspecified atom stereocenters. The van der Waals surface area contributed by atoms with E-state index >= 15 is 0 Å². The number of aromatic nitrogens is 1. The van der Waals surface area contributed by atoms with Crippen molar-refractivity contribution in [3.05, 3.63) is 75.4 Å². The largest absolute Gasteiger partial charge is 0.235 e. The second kappa shape index (κ2) is 6.77. The van der Waals surface area contributed by atoms with Crippen molar-refractivity contribution < 1.29 is 4.39 Å². The number of hydrogen-bond donors (Lipinski definition) is 0. The van der Waals surface area contributed by atoms with Crippen LogP contribution in [0.4, 0.5) is 4.39 Å². The van der Waals surface area contributed by atoms with Gasteiger partial charge in [-0.25, -0.2) is 9.37 Å². The average molecular weight is 334 g/mol. The van der Waals surface area contributed by atoms with E-state index < -0.39 is 0 Å². The van der Waals surface area contributed by atoms with Gasteiger partial charge >= 0.3 is 0 Å². The number of aryl methyl sites for hydroxylation is 2. The highest BCUT2D eigenvalue weighted by atomic mass is 32.1. The first-order chi connectivity index (χ1) is 11.6. The van der Waals surface area contributed by atoms with E-state index in [4.69, 9.17) is 0 Å². The predicted octanol–water partition coefficient (Wildman–Crippen LogP) is 5.63. The summed E-state index contributed by atoms with van der Waals surface area (Å²) >= 11 is 1.42. The predicted molar refractivity (Wildman–Crippen MR) is 96.9 cm³/mol. The van der Waals surface area contributed by atoms with Gasteiger partial charge in [-0.2, -0.15) is 5.26 Å². The van der Waals surface area contributed by atoms with Gasteiger partial charge in [0.15, 0.2) is 0 Å². The number of thiazole rings is 1. The van der Waals surface area contributed by atoms with E-state index in [1.807, 2.05) is 11.4 Å². The zero-order chi connectivity index (χ0) is 17.1. The molecule has 0 aliphatic carbocycles. The van der Waals surface area contributed by atoms with Crippen molar-refractivity contribution in [1.29, 1.82) is 5.26 Å². The van der Waals surface area contributed by atoms with Gasteiger partial charge in [0.05, 0.1) is 11.3 Å². The standard InChI is InChI=1S/C20H15FN2S/c1-13-6-7-18(14(2)8-13)19-12-24-20(23-19)16(11-22)9-15-4-3-5-17(21)10-15/h3-10,12H,1-2H3. The van der Waals surface area contributed by atoms with Crippen LogP contribution in [0.1, 0.15) is 21.7 Å². The Morgan fingerprint density at radius 2 is 2.04 bits per heavy atom. The molecule has 0 bridgehead atoms. The summed E-state index contributed by atoms with van der Waals surface area (Å²) in [4.78, 5) is 4.59. The lowest BCUT2D eigenvalue weighted by atomic mass is 10.0. The van der Waals surface area contributed by atoms with Crippen LogP contribution in [0.5, 0.6) is 0 Å². The lowest BCUT2D eigenvalue weighted by molar-refractivity contribution is 0.627. The number of allylic oxidation sites excluding steroid dienone is 1. The van der Waals surface area contributed by atoms with E-state index in [2.05, 4.69) is 37.0 Å². The second-order valence-electron chi connectivity index (χ2n) is 5.58. The zero-order valence-corrected chi connectivity index (χ0v) is 14.2. The normalized spacial score (nSPS) is 11.3. The number of hydrogen-bond acceptors (Lipinski definition) is 3. The van der Waals surface area contributed by atoms with E-state index in [-0.39, 0.29) is 5.82 Å². The minimum absolute atomic E-state index is 0.323. The SMILES string of the molecule is Cc1ccc(-c2csc(C(C#N)=Cc3cccc(F)c3)n2)c(C)c1. The minimum Gasteiger partial charge on any atom is -0.235 e. The quantitative estimate of drug-likeness (QED) is 0.582. The monoisotopic (exact) mass is 334 g/mol. The molecule has 1 aromatic heterocycles. The van der Waals surface area contributed by atoms with Crippen LogP contribution in [0.2, 0.25) is 0 Å². The summed E-state index contributed by atoms with van der Waals surface area (Å²) in [5, 5.41) is 12.0. The summed E-state index contributed by atoms with van der Waals surface area (Å²) < 4.78 is 13.3. The maximum Gasteiger partial charge on any atom is 0.134 e. The molecule has 0 atom stereocenters. The van der Waals surface area contributed by atoms with Gasteiger partial charge < -0.3 is 0 Å². The lowest BCUT2D eigenvalue weighted by Gasteiger charge is -2.03.